The molecule has 1 aliphatic heterocycles. The molecule has 3 aliphatic rings. The highest BCUT2D eigenvalue weighted by Crippen LogP contribution is 2.60. The van der Waals surface area contributed by atoms with Crippen molar-refractivity contribution in [2.45, 2.75) is 29.9 Å². The zero-order valence-corrected chi connectivity index (χ0v) is 19.7. The minimum absolute atomic E-state index is 0.0883. The number of nitrogens with one attached hydrogen (secondary N) is 1. The number of esters is 1. The highest BCUT2D eigenvalue weighted by Gasteiger charge is 2.66. The number of fused-ring (bicyclic) bond motifs is 5. The lowest BCUT2D eigenvalue weighted by Gasteiger charge is -2.28. The van der Waals surface area contributed by atoms with Crippen LogP contribution in [0.3, 0.4) is 0 Å². The van der Waals surface area contributed by atoms with E-state index in [2.05, 4.69) is 37.2 Å². The van der Waals surface area contributed by atoms with Crippen molar-refractivity contribution in [3.8, 4) is 0 Å². The first-order valence-corrected chi connectivity index (χ1v) is 11.7. The molecular weight excluding hydrogens is 520 g/mol. The molecule has 1 heterocycles. The smallest absolute Gasteiger partial charge is 0.326 e. The van der Waals surface area contributed by atoms with E-state index in [1.165, 1.54) is 0 Å². The number of ether oxygens (including phenoxy) is 1. The Morgan fingerprint density at radius 3 is 2.10 bits per heavy atom. The van der Waals surface area contributed by atoms with Gasteiger partial charge in [-0.2, -0.15) is 0 Å². The van der Waals surface area contributed by atoms with Gasteiger partial charge >= 0.3 is 5.97 Å². The van der Waals surface area contributed by atoms with Gasteiger partial charge in [0.2, 0.25) is 11.8 Å². The third-order valence-corrected chi connectivity index (χ3v) is 9.44. The second-order valence-corrected chi connectivity index (χ2v) is 10.5. The minimum atomic E-state index is -0.773. The molecule has 2 aliphatic carbocycles. The summed E-state index contributed by atoms with van der Waals surface area (Å²) in [6, 6.07) is 5.61. The maximum Gasteiger partial charge on any atom is 0.326 e. The number of hydrogen-bond donors (Lipinski definition) is 1. The van der Waals surface area contributed by atoms with Crippen LogP contribution in [0.5, 0.6) is 0 Å². The van der Waals surface area contributed by atoms with Crippen LogP contribution in [0.1, 0.15) is 17.5 Å². The van der Waals surface area contributed by atoms with Crippen LogP contribution in [0.25, 0.3) is 0 Å². The van der Waals surface area contributed by atoms with Crippen molar-refractivity contribution in [2.75, 3.05) is 18.5 Å². The second kappa shape index (κ2) is 8.07. The number of likely N-dealkylation sites (tertiary alicyclic amines) is 1. The highest BCUT2D eigenvalue weighted by molar-refractivity contribution is 9.12. The molecule has 1 aromatic rings. The minimum Gasteiger partial charge on any atom is -0.454 e. The largest absolute Gasteiger partial charge is 0.454 e. The molecule has 1 saturated heterocycles. The van der Waals surface area contributed by atoms with E-state index in [9.17, 15) is 19.2 Å². The molecule has 7 nitrogen and oxygen atoms in total. The highest BCUT2D eigenvalue weighted by atomic mass is 79.9. The topological polar surface area (TPSA) is 92.8 Å². The van der Waals surface area contributed by atoms with Crippen molar-refractivity contribution < 1.29 is 23.9 Å². The van der Waals surface area contributed by atoms with Gasteiger partial charge in [-0.05, 0) is 55.4 Å². The fourth-order valence-electron chi connectivity index (χ4n) is 5.13. The normalized spacial score (nSPS) is 31.8. The Morgan fingerprint density at radius 1 is 1.03 bits per heavy atom. The summed E-state index contributed by atoms with van der Waals surface area (Å²) in [5.41, 5.74) is 2.63. The van der Waals surface area contributed by atoms with Crippen LogP contribution in [0.2, 0.25) is 0 Å². The van der Waals surface area contributed by atoms with E-state index in [0.717, 1.165) is 22.4 Å². The zero-order valence-electron chi connectivity index (χ0n) is 16.6. The van der Waals surface area contributed by atoms with Gasteiger partial charge in [0.25, 0.3) is 5.91 Å². The van der Waals surface area contributed by atoms with Crippen LogP contribution < -0.4 is 5.32 Å². The van der Waals surface area contributed by atoms with Crippen LogP contribution in [0.15, 0.2) is 18.2 Å². The third kappa shape index (κ3) is 3.70. The number of carbonyl (C=O) groups excluding carboxylic acids is 4. The Kier molecular flexibility index (Phi) is 5.78. The molecule has 2 saturated carbocycles. The van der Waals surface area contributed by atoms with Gasteiger partial charge in [-0.3, -0.25) is 24.1 Å². The second-order valence-electron chi connectivity index (χ2n) is 8.35. The van der Waals surface area contributed by atoms with E-state index < -0.39 is 25.0 Å². The number of alkyl halides is 2. The van der Waals surface area contributed by atoms with E-state index in [0.29, 0.717) is 5.69 Å². The molecule has 0 unspecified atom stereocenters. The summed E-state index contributed by atoms with van der Waals surface area (Å²) in [5.74, 6) is -2.44. The predicted molar refractivity (Wildman–Crippen MR) is 116 cm³/mol. The number of benzene rings is 1. The molecule has 0 radical (unpaired) electrons. The molecule has 0 spiro atoms. The molecular formula is C21H22Br2N2O5. The number of hydrogen-bond acceptors (Lipinski definition) is 5. The number of imide groups is 1. The Balaban J connectivity index is 1.32. The fraction of sp³-hybridized carbons (Fsp3) is 0.524. The molecule has 1 aromatic carbocycles. The Labute approximate surface area is 191 Å². The van der Waals surface area contributed by atoms with Gasteiger partial charge < -0.3 is 10.1 Å². The van der Waals surface area contributed by atoms with Crippen molar-refractivity contribution in [1.82, 2.24) is 4.90 Å². The van der Waals surface area contributed by atoms with Crippen LogP contribution in [0, 0.1) is 37.5 Å². The third-order valence-electron chi connectivity index (χ3n) is 6.24. The van der Waals surface area contributed by atoms with Crippen LogP contribution in [-0.2, 0) is 23.9 Å². The molecule has 4 rings (SSSR count). The number of rotatable bonds is 5. The van der Waals surface area contributed by atoms with Gasteiger partial charge in [-0.15, -0.1) is 0 Å². The predicted octanol–water partition coefficient (Wildman–Crippen LogP) is 2.56. The number of aryl methyl sites for hydroxylation is 2. The van der Waals surface area contributed by atoms with E-state index in [1.807, 2.05) is 32.0 Å². The summed E-state index contributed by atoms with van der Waals surface area (Å²) in [7, 11) is 0. The molecule has 160 valence electrons. The fourth-order valence-corrected chi connectivity index (χ4v) is 7.00. The molecule has 30 heavy (non-hydrogen) atoms. The molecule has 2 bridgehead atoms. The van der Waals surface area contributed by atoms with Gasteiger partial charge in [0.1, 0.15) is 6.54 Å². The first-order valence-electron chi connectivity index (χ1n) is 9.84. The van der Waals surface area contributed by atoms with Crippen molar-refractivity contribution in [2.24, 2.45) is 23.7 Å². The standard InChI is InChI=1S/C21H22Br2N2O5/c1-9-3-10(2)5-11(4-9)24-14(26)8-30-15(27)7-25-20(28)16-12-6-13(17(16)21(25)29)19(23)18(12)22/h3-5,12-13,16-19H,6-8H2,1-2H3,(H,24,26)/t12-,13-,16-,17+,18+,19+/m1/s1. The maximum absolute atomic E-state index is 12.8. The lowest BCUT2D eigenvalue weighted by Crippen LogP contribution is -2.38. The summed E-state index contributed by atoms with van der Waals surface area (Å²) in [5, 5.41) is 2.68. The van der Waals surface area contributed by atoms with Crippen molar-refractivity contribution >= 4 is 61.2 Å². The van der Waals surface area contributed by atoms with E-state index in [1.54, 1.807) is 0 Å². The maximum atomic E-state index is 12.8. The van der Waals surface area contributed by atoms with Gasteiger partial charge in [-0.1, -0.05) is 37.9 Å². The Bertz CT molecular complexity index is 884. The van der Waals surface area contributed by atoms with Crippen molar-refractivity contribution in [3.63, 3.8) is 0 Å². The van der Waals surface area contributed by atoms with Crippen LogP contribution >= 0.6 is 31.9 Å². The summed E-state index contributed by atoms with van der Waals surface area (Å²) in [6.45, 7) is 2.90. The number of carbonyl (C=O) groups is 4. The number of amides is 3. The molecule has 1 N–H and O–H groups in total. The molecule has 0 aromatic heterocycles. The Hall–Kier alpha value is -1.74. The lowest BCUT2D eigenvalue weighted by atomic mass is 9.81. The zero-order chi connectivity index (χ0) is 21.7. The summed E-state index contributed by atoms with van der Waals surface area (Å²) in [4.78, 5) is 51.2. The SMILES string of the molecule is Cc1cc(C)cc(NC(=O)COC(=O)CN2C(=O)[C@@H]3[C@H]4C[C@@H]([C@H](Br)[C@H]4Br)[C@@H]3C2=O)c1. The molecule has 3 amide bonds. The summed E-state index contributed by atoms with van der Waals surface area (Å²) >= 11 is 7.25. The monoisotopic (exact) mass is 540 g/mol. The van der Waals surface area contributed by atoms with E-state index >= 15 is 0 Å². The summed E-state index contributed by atoms with van der Waals surface area (Å²) < 4.78 is 5.01. The first kappa shape index (κ1) is 21.5. The van der Waals surface area contributed by atoms with E-state index in [4.69, 9.17) is 4.74 Å². The van der Waals surface area contributed by atoms with Crippen LogP contribution in [0.4, 0.5) is 5.69 Å². The molecule has 9 heteroatoms. The Morgan fingerprint density at radius 2 is 1.57 bits per heavy atom. The van der Waals surface area contributed by atoms with Crippen molar-refractivity contribution in [1.29, 1.82) is 0 Å². The van der Waals surface area contributed by atoms with Gasteiger partial charge in [-0.25, -0.2) is 0 Å². The quantitative estimate of drug-likeness (QED) is 0.351. The van der Waals surface area contributed by atoms with Gasteiger partial charge in [0.15, 0.2) is 6.61 Å². The lowest BCUT2D eigenvalue weighted by molar-refractivity contribution is -0.154. The van der Waals surface area contributed by atoms with E-state index in [-0.39, 0.29) is 45.1 Å². The number of anilines is 1. The summed E-state index contributed by atoms with van der Waals surface area (Å²) in [6.07, 6.45) is 0.829. The number of halogens is 2. The molecule has 3 fully saturated rings. The first-order chi connectivity index (χ1) is 14.2. The molecule has 6 atom stereocenters. The van der Waals surface area contributed by atoms with Gasteiger partial charge in [0, 0.05) is 15.3 Å². The van der Waals surface area contributed by atoms with Gasteiger partial charge in [0.05, 0.1) is 11.8 Å². The van der Waals surface area contributed by atoms with Crippen molar-refractivity contribution in [3.05, 3.63) is 29.3 Å². The average Bonchev–Trinajstić information content (AvgIpc) is 3.26. The number of nitrogens with zero attached hydrogens (tertiary/aromatic N) is 1. The van der Waals surface area contributed by atoms with Crippen LogP contribution in [-0.4, -0.2) is 51.4 Å². The average molecular weight is 542 g/mol.